The van der Waals surface area contributed by atoms with Gasteiger partial charge in [-0.05, 0) is 26.2 Å². The van der Waals surface area contributed by atoms with Crippen molar-refractivity contribution in [3.63, 3.8) is 0 Å². The van der Waals surface area contributed by atoms with Crippen LogP contribution < -0.4 is 5.32 Å². The van der Waals surface area contributed by atoms with Gasteiger partial charge >= 0.3 is 0 Å². The van der Waals surface area contributed by atoms with E-state index in [1.54, 1.807) is 11.8 Å². The van der Waals surface area contributed by atoms with Crippen LogP contribution in [0.25, 0.3) is 0 Å². The number of amides is 2. The number of rotatable bonds is 3. The fourth-order valence-corrected chi connectivity index (χ4v) is 2.42. The molecule has 0 saturated carbocycles. The Bertz CT molecular complexity index is 313. The van der Waals surface area contributed by atoms with Crippen LogP contribution in [0.2, 0.25) is 0 Å². The molecule has 1 N–H and O–H groups in total. The topological polar surface area (TPSA) is 58.6 Å². The minimum atomic E-state index is -0.380. The lowest BCUT2D eigenvalue weighted by atomic mass is 10.1. The maximum Gasteiger partial charge on any atom is 0.245 e. The molecule has 2 amide bonds. The molecule has 0 aliphatic carbocycles. The Morgan fingerprint density at radius 3 is 2.82 bits per heavy atom. The summed E-state index contributed by atoms with van der Waals surface area (Å²) in [7, 11) is 0. The normalized spacial score (nSPS) is 34.0. The maximum absolute atomic E-state index is 12.2. The van der Waals surface area contributed by atoms with Gasteiger partial charge in [0.25, 0.3) is 0 Å². The molecule has 0 radical (unpaired) electrons. The highest BCUT2D eigenvalue weighted by molar-refractivity contribution is 5.96. The average Bonchev–Trinajstić information content (AvgIpc) is 2.82. The molecule has 0 aromatic carbocycles. The molecule has 0 aromatic rings. The number of nitrogens with zero attached hydrogens (tertiary/aromatic N) is 1. The van der Waals surface area contributed by atoms with Gasteiger partial charge in [0.15, 0.2) is 0 Å². The number of piperazine rings is 1. The van der Waals surface area contributed by atoms with Crippen molar-refractivity contribution in [2.45, 2.75) is 51.3 Å². The van der Waals surface area contributed by atoms with E-state index in [0.717, 1.165) is 19.4 Å². The zero-order valence-electron chi connectivity index (χ0n) is 10.4. The molecule has 96 valence electrons. The fourth-order valence-electron chi connectivity index (χ4n) is 2.42. The van der Waals surface area contributed by atoms with E-state index in [2.05, 4.69) is 5.32 Å². The zero-order chi connectivity index (χ0) is 12.4. The SMILES string of the molecule is CCC1NC(=O)C(C)N(CC2CCCO2)C1=O. The largest absolute Gasteiger partial charge is 0.376 e. The summed E-state index contributed by atoms with van der Waals surface area (Å²) < 4.78 is 5.53. The smallest absolute Gasteiger partial charge is 0.245 e. The molecule has 2 aliphatic rings. The molecule has 2 rings (SSSR count). The van der Waals surface area contributed by atoms with Gasteiger partial charge in [0, 0.05) is 13.2 Å². The van der Waals surface area contributed by atoms with Crippen LogP contribution >= 0.6 is 0 Å². The minimum Gasteiger partial charge on any atom is -0.376 e. The summed E-state index contributed by atoms with van der Waals surface area (Å²) in [4.78, 5) is 25.6. The molecule has 3 unspecified atom stereocenters. The lowest BCUT2D eigenvalue weighted by molar-refractivity contribution is -0.150. The van der Waals surface area contributed by atoms with Crippen LogP contribution in [0.15, 0.2) is 0 Å². The number of ether oxygens (including phenoxy) is 1. The van der Waals surface area contributed by atoms with Gasteiger partial charge in [-0.3, -0.25) is 9.59 Å². The van der Waals surface area contributed by atoms with Gasteiger partial charge in [0.2, 0.25) is 11.8 Å². The van der Waals surface area contributed by atoms with Gasteiger partial charge in [-0.1, -0.05) is 6.92 Å². The molecule has 2 aliphatic heterocycles. The first-order chi connectivity index (χ1) is 8.13. The second-order valence-corrected chi connectivity index (χ2v) is 4.77. The van der Waals surface area contributed by atoms with Gasteiger partial charge < -0.3 is 15.0 Å². The number of carbonyl (C=O) groups excluding carboxylic acids is 2. The second kappa shape index (κ2) is 5.04. The average molecular weight is 240 g/mol. The molecule has 5 nitrogen and oxygen atoms in total. The number of hydrogen-bond donors (Lipinski definition) is 1. The van der Waals surface area contributed by atoms with E-state index in [-0.39, 0.29) is 30.0 Å². The summed E-state index contributed by atoms with van der Waals surface area (Å²) in [5.41, 5.74) is 0. The lowest BCUT2D eigenvalue weighted by Gasteiger charge is -2.38. The molecule has 2 heterocycles. The van der Waals surface area contributed by atoms with Crippen molar-refractivity contribution in [3.8, 4) is 0 Å². The van der Waals surface area contributed by atoms with Crippen molar-refractivity contribution in [3.05, 3.63) is 0 Å². The van der Waals surface area contributed by atoms with Crippen LogP contribution in [0.4, 0.5) is 0 Å². The Morgan fingerprint density at radius 1 is 1.47 bits per heavy atom. The third-order valence-corrected chi connectivity index (χ3v) is 3.58. The van der Waals surface area contributed by atoms with Crippen LogP contribution in [-0.2, 0) is 14.3 Å². The first-order valence-corrected chi connectivity index (χ1v) is 6.36. The summed E-state index contributed by atoms with van der Waals surface area (Å²) >= 11 is 0. The van der Waals surface area contributed by atoms with E-state index >= 15 is 0 Å². The molecule has 0 spiro atoms. The Labute approximate surface area is 101 Å². The van der Waals surface area contributed by atoms with Crippen LogP contribution in [0.5, 0.6) is 0 Å². The lowest BCUT2D eigenvalue weighted by Crippen LogP contribution is -2.63. The monoisotopic (exact) mass is 240 g/mol. The molecular weight excluding hydrogens is 220 g/mol. The fraction of sp³-hybridized carbons (Fsp3) is 0.833. The van der Waals surface area contributed by atoms with E-state index in [9.17, 15) is 9.59 Å². The van der Waals surface area contributed by atoms with Gasteiger partial charge in [0.1, 0.15) is 12.1 Å². The molecule has 0 aromatic heterocycles. The first kappa shape index (κ1) is 12.4. The van der Waals surface area contributed by atoms with E-state index in [4.69, 9.17) is 4.74 Å². The van der Waals surface area contributed by atoms with Crippen LogP contribution in [0.1, 0.15) is 33.1 Å². The quantitative estimate of drug-likeness (QED) is 0.771. The predicted octanol–water partition coefficient (Wildman–Crippen LogP) is 0.291. The number of hydrogen-bond acceptors (Lipinski definition) is 3. The highest BCUT2D eigenvalue weighted by Gasteiger charge is 2.38. The van der Waals surface area contributed by atoms with Gasteiger partial charge in [-0.2, -0.15) is 0 Å². The van der Waals surface area contributed by atoms with E-state index < -0.39 is 0 Å². The molecule has 0 bridgehead atoms. The molecule has 2 saturated heterocycles. The second-order valence-electron chi connectivity index (χ2n) is 4.77. The van der Waals surface area contributed by atoms with Crippen molar-refractivity contribution in [1.29, 1.82) is 0 Å². The zero-order valence-corrected chi connectivity index (χ0v) is 10.4. The van der Waals surface area contributed by atoms with E-state index in [1.807, 2.05) is 6.92 Å². The van der Waals surface area contributed by atoms with Crippen LogP contribution in [0.3, 0.4) is 0 Å². The summed E-state index contributed by atoms with van der Waals surface area (Å²) in [6, 6.07) is -0.741. The third-order valence-electron chi connectivity index (χ3n) is 3.58. The van der Waals surface area contributed by atoms with Gasteiger partial charge in [-0.25, -0.2) is 0 Å². The first-order valence-electron chi connectivity index (χ1n) is 6.36. The minimum absolute atomic E-state index is 0.0232. The van der Waals surface area contributed by atoms with Crippen LogP contribution in [-0.4, -0.2) is 48.1 Å². The van der Waals surface area contributed by atoms with Crippen molar-refractivity contribution >= 4 is 11.8 Å². The van der Waals surface area contributed by atoms with Crippen molar-refractivity contribution in [2.75, 3.05) is 13.2 Å². The van der Waals surface area contributed by atoms with Gasteiger partial charge in [-0.15, -0.1) is 0 Å². The number of nitrogens with one attached hydrogen (secondary N) is 1. The molecular formula is C12H20N2O3. The van der Waals surface area contributed by atoms with E-state index in [0.29, 0.717) is 13.0 Å². The predicted molar refractivity (Wildman–Crippen MR) is 62.4 cm³/mol. The standard InChI is InChI=1S/C12H20N2O3/c1-3-10-12(16)14(8(2)11(15)13-10)7-9-5-4-6-17-9/h8-10H,3-7H2,1-2H3,(H,13,15). The highest BCUT2D eigenvalue weighted by Crippen LogP contribution is 2.18. The molecule has 17 heavy (non-hydrogen) atoms. The Balaban J connectivity index is 2.05. The Kier molecular flexibility index (Phi) is 3.66. The van der Waals surface area contributed by atoms with Crippen LogP contribution in [0, 0.1) is 0 Å². The summed E-state index contributed by atoms with van der Waals surface area (Å²) in [6.45, 7) is 4.99. The number of carbonyl (C=O) groups is 2. The Hall–Kier alpha value is -1.10. The molecule has 2 fully saturated rings. The molecule has 3 atom stereocenters. The van der Waals surface area contributed by atoms with Crippen molar-refractivity contribution in [2.24, 2.45) is 0 Å². The summed E-state index contributed by atoms with van der Waals surface area (Å²) in [6.07, 6.45) is 2.77. The highest BCUT2D eigenvalue weighted by atomic mass is 16.5. The summed E-state index contributed by atoms with van der Waals surface area (Å²) in [5.74, 6) is -0.0375. The Morgan fingerprint density at radius 2 is 2.24 bits per heavy atom. The van der Waals surface area contributed by atoms with Gasteiger partial charge in [0.05, 0.1) is 6.10 Å². The third kappa shape index (κ3) is 2.44. The van der Waals surface area contributed by atoms with E-state index in [1.165, 1.54) is 0 Å². The van der Waals surface area contributed by atoms with Crippen molar-refractivity contribution < 1.29 is 14.3 Å². The molecule has 5 heteroatoms. The maximum atomic E-state index is 12.2. The van der Waals surface area contributed by atoms with Crippen molar-refractivity contribution in [1.82, 2.24) is 10.2 Å². The summed E-state index contributed by atoms with van der Waals surface area (Å²) in [5, 5.41) is 2.75.